The summed E-state index contributed by atoms with van der Waals surface area (Å²) in [5.74, 6) is -0.209. The van der Waals surface area contributed by atoms with Gasteiger partial charge < -0.3 is 9.64 Å². The summed E-state index contributed by atoms with van der Waals surface area (Å²) in [5.41, 5.74) is 1.98. The average molecular weight is 273 g/mol. The molecule has 0 heterocycles. The van der Waals surface area contributed by atoms with Gasteiger partial charge in [0.05, 0.1) is 7.11 Å². The molecule has 4 nitrogen and oxygen atoms in total. The summed E-state index contributed by atoms with van der Waals surface area (Å²) in [7, 11) is 3.20. The van der Waals surface area contributed by atoms with Crippen molar-refractivity contribution in [1.29, 1.82) is 0 Å². The van der Waals surface area contributed by atoms with Crippen LogP contribution in [-0.2, 0) is 16.0 Å². The third-order valence-corrected chi connectivity index (χ3v) is 3.59. The molecule has 106 valence electrons. The quantitative estimate of drug-likeness (QED) is 0.622. The summed E-state index contributed by atoms with van der Waals surface area (Å²) < 4.78 is 4.54. The molecule has 0 N–H and O–H groups in total. The van der Waals surface area contributed by atoms with Gasteiger partial charge in [0.15, 0.2) is 5.78 Å². The highest BCUT2D eigenvalue weighted by Gasteiger charge is 2.27. The van der Waals surface area contributed by atoms with E-state index in [-0.39, 0.29) is 11.7 Å². The molecular formula is C16H19NO3. The molecule has 1 aromatic carbocycles. The number of ketones is 1. The van der Waals surface area contributed by atoms with Gasteiger partial charge >= 0.3 is 5.97 Å². The number of rotatable bonds is 4. The predicted molar refractivity (Wildman–Crippen MR) is 76.4 cm³/mol. The van der Waals surface area contributed by atoms with E-state index in [0.29, 0.717) is 6.54 Å². The fourth-order valence-corrected chi connectivity index (χ4v) is 2.50. The van der Waals surface area contributed by atoms with Crippen LogP contribution >= 0.6 is 0 Å². The van der Waals surface area contributed by atoms with Gasteiger partial charge in [-0.2, -0.15) is 0 Å². The number of hydrogen-bond acceptors (Lipinski definition) is 4. The molecule has 0 saturated heterocycles. The lowest BCUT2D eigenvalue weighted by Gasteiger charge is -2.26. The third kappa shape index (κ3) is 3.26. The number of Topliss-reactive ketones (excluding diaryl/α,β-unsaturated/α-hetero) is 1. The molecule has 1 atom stereocenters. The molecular weight excluding hydrogens is 254 g/mol. The maximum Gasteiger partial charge on any atom is 0.331 e. The minimum absolute atomic E-state index is 0.0165. The highest BCUT2D eigenvalue weighted by molar-refractivity contribution is 6.00. The number of esters is 1. The van der Waals surface area contributed by atoms with E-state index in [4.69, 9.17) is 0 Å². The van der Waals surface area contributed by atoms with Gasteiger partial charge in [-0.3, -0.25) is 4.79 Å². The fourth-order valence-electron chi connectivity index (χ4n) is 2.50. The Hall–Kier alpha value is -2.10. The Balaban J connectivity index is 2.00. The number of carbonyl (C=O) groups excluding carboxylic acids is 2. The number of nitrogens with zero attached hydrogens (tertiary/aromatic N) is 1. The van der Waals surface area contributed by atoms with Gasteiger partial charge in [0, 0.05) is 37.3 Å². The van der Waals surface area contributed by atoms with Gasteiger partial charge in [-0.05, 0) is 18.4 Å². The number of aryl methyl sites for hydroxylation is 1. The normalized spacial score (nSPS) is 17.9. The summed E-state index contributed by atoms with van der Waals surface area (Å²) in [6.07, 6.45) is 4.80. The lowest BCUT2D eigenvalue weighted by atomic mass is 9.82. The van der Waals surface area contributed by atoms with E-state index in [9.17, 15) is 9.59 Å². The molecule has 0 fully saturated rings. The average Bonchev–Trinajstić information content (AvgIpc) is 2.48. The first-order valence-electron chi connectivity index (χ1n) is 6.70. The van der Waals surface area contributed by atoms with Crippen molar-refractivity contribution in [3.63, 3.8) is 0 Å². The smallest absolute Gasteiger partial charge is 0.331 e. The van der Waals surface area contributed by atoms with Gasteiger partial charge in [0.2, 0.25) is 0 Å². The first-order chi connectivity index (χ1) is 9.61. The summed E-state index contributed by atoms with van der Waals surface area (Å²) in [5, 5.41) is 0. The highest BCUT2D eigenvalue weighted by atomic mass is 16.5. The molecule has 1 unspecified atom stereocenters. The summed E-state index contributed by atoms with van der Waals surface area (Å²) in [4.78, 5) is 25.3. The van der Waals surface area contributed by atoms with Crippen molar-refractivity contribution in [1.82, 2.24) is 4.90 Å². The molecule has 20 heavy (non-hydrogen) atoms. The van der Waals surface area contributed by atoms with Crippen LogP contribution in [0.4, 0.5) is 0 Å². The first-order valence-corrected chi connectivity index (χ1v) is 6.70. The minimum atomic E-state index is -0.392. The lowest BCUT2D eigenvalue weighted by molar-refractivity contribution is -0.134. The van der Waals surface area contributed by atoms with Gasteiger partial charge in [0.1, 0.15) is 0 Å². The highest BCUT2D eigenvalue weighted by Crippen LogP contribution is 2.25. The van der Waals surface area contributed by atoms with Crippen LogP contribution in [0.25, 0.3) is 0 Å². The molecule has 0 amide bonds. The van der Waals surface area contributed by atoms with Crippen LogP contribution < -0.4 is 0 Å². The predicted octanol–water partition coefficient (Wildman–Crippen LogP) is 2.05. The zero-order chi connectivity index (χ0) is 14.5. The molecule has 0 radical (unpaired) electrons. The largest absolute Gasteiger partial charge is 0.466 e. The maximum absolute atomic E-state index is 12.4. The molecule has 4 heteroatoms. The van der Waals surface area contributed by atoms with Crippen LogP contribution in [0.1, 0.15) is 22.3 Å². The van der Waals surface area contributed by atoms with Crippen LogP contribution in [0.2, 0.25) is 0 Å². The molecule has 1 aliphatic rings. The van der Waals surface area contributed by atoms with E-state index in [2.05, 4.69) is 4.74 Å². The van der Waals surface area contributed by atoms with Crippen molar-refractivity contribution >= 4 is 11.8 Å². The number of hydrogen-bond donors (Lipinski definition) is 0. The number of fused-ring (bicyclic) bond motifs is 1. The maximum atomic E-state index is 12.4. The SMILES string of the molecule is COC(=O)C=CN(C)CC1CCc2ccccc2C1=O. The lowest BCUT2D eigenvalue weighted by Crippen LogP contribution is -2.31. The zero-order valence-electron chi connectivity index (χ0n) is 11.8. The van der Waals surface area contributed by atoms with Crippen molar-refractivity contribution < 1.29 is 14.3 Å². The zero-order valence-corrected chi connectivity index (χ0v) is 11.8. The van der Waals surface area contributed by atoms with Crippen molar-refractivity contribution in [2.75, 3.05) is 20.7 Å². The Kier molecular flexibility index (Phi) is 4.56. The van der Waals surface area contributed by atoms with Crippen LogP contribution in [0.5, 0.6) is 0 Å². The molecule has 1 aromatic rings. The van der Waals surface area contributed by atoms with Crippen LogP contribution in [0.15, 0.2) is 36.5 Å². The molecule has 0 aromatic heterocycles. The molecule has 0 bridgehead atoms. The molecule has 1 aliphatic carbocycles. The van der Waals surface area contributed by atoms with E-state index in [1.54, 1.807) is 6.20 Å². The monoisotopic (exact) mass is 273 g/mol. The number of methoxy groups -OCH3 is 1. The molecule has 2 rings (SSSR count). The van der Waals surface area contributed by atoms with Gasteiger partial charge in [-0.15, -0.1) is 0 Å². The van der Waals surface area contributed by atoms with Gasteiger partial charge in [-0.1, -0.05) is 24.3 Å². The van der Waals surface area contributed by atoms with Gasteiger partial charge in [0.25, 0.3) is 0 Å². The van der Waals surface area contributed by atoms with Crippen LogP contribution in [0.3, 0.4) is 0 Å². The second-order valence-corrected chi connectivity index (χ2v) is 5.04. The number of ether oxygens (including phenoxy) is 1. The van der Waals surface area contributed by atoms with E-state index in [1.807, 2.05) is 36.2 Å². The van der Waals surface area contributed by atoms with E-state index < -0.39 is 5.97 Å². The Morgan fingerprint density at radius 1 is 1.45 bits per heavy atom. The van der Waals surface area contributed by atoms with E-state index >= 15 is 0 Å². The standard InChI is InChI=1S/C16H19NO3/c1-17(10-9-15(18)20-2)11-13-8-7-12-5-3-4-6-14(12)16(13)19/h3-6,9-10,13H,7-8,11H2,1-2H3. The Bertz CT molecular complexity index is 536. The molecule has 0 aliphatic heterocycles. The molecule has 0 saturated carbocycles. The Morgan fingerprint density at radius 2 is 2.20 bits per heavy atom. The third-order valence-electron chi connectivity index (χ3n) is 3.59. The fraction of sp³-hybridized carbons (Fsp3) is 0.375. The molecule has 0 spiro atoms. The number of carbonyl (C=O) groups is 2. The van der Waals surface area contributed by atoms with E-state index in [1.165, 1.54) is 13.2 Å². The van der Waals surface area contributed by atoms with Crippen molar-refractivity contribution in [3.8, 4) is 0 Å². The topological polar surface area (TPSA) is 46.6 Å². The van der Waals surface area contributed by atoms with Gasteiger partial charge in [-0.25, -0.2) is 4.79 Å². The summed E-state index contributed by atoms with van der Waals surface area (Å²) in [6, 6.07) is 7.79. The summed E-state index contributed by atoms with van der Waals surface area (Å²) in [6.45, 7) is 0.612. The second kappa shape index (κ2) is 6.37. The number of benzene rings is 1. The second-order valence-electron chi connectivity index (χ2n) is 5.04. The van der Waals surface area contributed by atoms with Crippen molar-refractivity contribution in [2.45, 2.75) is 12.8 Å². The first kappa shape index (κ1) is 14.3. The van der Waals surface area contributed by atoms with Crippen LogP contribution in [-0.4, -0.2) is 37.4 Å². The van der Waals surface area contributed by atoms with Crippen LogP contribution in [0, 0.1) is 5.92 Å². The van der Waals surface area contributed by atoms with Crippen molar-refractivity contribution in [2.24, 2.45) is 5.92 Å². The minimum Gasteiger partial charge on any atom is -0.466 e. The summed E-state index contributed by atoms with van der Waals surface area (Å²) >= 11 is 0. The van der Waals surface area contributed by atoms with Crippen molar-refractivity contribution in [3.05, 3.63) is 47.7 Å². The Labute approximate surface area is 119 Å². The van der Waals surface area contributed by atoms with E-state index in [0.717, 1.165) is 24.0 Å². The Morgan fingerprint density at radius 3 is 2.95 bits per heavy atom.